The van der Waals surface area contributed by atoms with Gasteiger partial charge in [-0.2, -0.15) is 0 Å². The quantitative estimate of drug-likeness (QED) is 0.655. The van der Waals surface area contributed by atoms with Crippen molar-refractivity contribution in [3.8, 4) is 0 Å². The van der Waals surface area contributed by atoms with E-state index in [9.17, 15) is 0 Å². The number of hydrogen-bond acceptors (Lipinski definition) is 1. The van der Waals surface area contributed by atoms with E-state index in [1.165, 1.54) is 19.5 Å². The monoisotopic (exact) mass is 159 g/mol. The number of benzene rings is 1. The minimum Gasteiger partial charge on any atom is -0.316 e. The van der Waals surface area contributed by atoms with Crippen molar-refractivity contribution in [2.75, 3.05) is 13.1 Å². The van der Waals surface area contributed by atoms with Gasteiger partial charge < -0.3 is 5.32 Å². The lowest BCUT2D eigenvalue weighted by atomic mass is 9.95. The zero-order valence-corrected chi connectivity index (χ0v) is 7.09. The summed E-state index contributed by atoms with van der Waals surface area (Å²) >= 11 is 0. The average molecular weight is 159 g/mol. The molecular formula is C11H13N. The summed E-state index contributed by atoms with van der Waals surface area (Å²) in [5.74, 6) is 0.930. The van der Waals surface area contributed by atoms with Crippen molar-refractivity contribution < 1.29 is 0 Å². The minimum absolute atomic E-state index is 0.543. The number of rotatable bonds is 1. The molecule has 0 bridgehead atoms. The second kappa shape index (κ2) is 2.11. The number of fused-ring (bicyclic) bond motifs is 1. The summed E-state index contributed by atoms with van der Waals surface area (Å²) in [5.41, 5.74) is 2.08. The van der Waals surface area contributed by atoms with Gasteiger partial charge in [-0.25, -0.2) is 0 Å². The van der Waals surface area contributed by atoms with Gasteiger partial charge in [-0.1, -0.05) is 30.3 Å². The average Bonchev–Trinajstić information content (AvgIpc) is 2.72. The van der Waals surface area contributed by atoms with Crippen molar-refractivity contribution in [1.29, 1.82) is 0 Å². The summed E-state index contributed by atoms with van der Waals surface area (Å²) in [6.07, 6.45) is 1.41. The highest BCUT2D eigenvalue weighted by Crippen LogP contribution is 2.56. The van der Waals surface area contributed by atoms with Crippen molar-refractivity contribution in [3.63, 3.8) is 0 Å². The summed E-state index contributed by atoms with van der Waals surface area (Å²) in [6, 6.07) is 10.9. The lowest BCUT2D eigenvalue weighted by molar-refractivity contribution is 0.675. The van der Waals surface area contributed by atoms with Crippen molar-refractivity contribution >= 4 is 0 Å². The summed E-state index contributed by atoms with van der Waals surface area (Å²) in [6.45, 7) is 2.43. The first-order valence-corrected chi connectivity index (χ1v) is 4.68. The minimum atomic E-state index is 0.543. The first kappa shape index (κ1) is 6.67. The maximum Gasteiger partial charge on any atom is 0.0122 e. The molecule has 2 atom stereocenters. The van der Waals surface area contributed by atoms with Crippen LogP contribution >= 0.6 is 0 Å². The van der Waals surface area contributed by atoms with Crippen LogP contribution < -0.4 is 5.32 Å². The Labute approximate surface area is 72.8 Å². The molecule has 0 spiro atoms. The van der Waals surface area contributed by atoms with Gasteiger partial charge in [0.1, 0.15) is 0 Å². The van der Waals surface area contributed by atoms with Gasteiger partial charge in [0.05, 0.1) is 0 Å². The molecule has 0 unspecified atom stereocenters. The van der Waals surface area contributed by atoms with Crippen LogP contribution in [0.3, 0.4) is 0 Å². The smallest absolute Gasteiger partial charge is 0.0122 e. The van der Waals surface area contributed by atoms with Gasteiger partial charge in [0.15, 0.2) is 0 Å². The summed E-state index contributed by atoms with van der Waals surface area (Å²) in [5, 5.41) is 3.46. The molecule has 1 saturated heterocycles. The molecule has 2 fully saturated rings. The molecule has 1 saturated carbocycles. The van der Waals surface area contributed by atoms with Crippen LogP contribution in [0.4, 0.5) is 0 Å². The third-order valence-corrected chi connectivity index (χ3v) is 3.41. The SMILES string of the molecule is c1ccc([C@]23CNC[C@@H]2C3)cc1. The molecule has 1 aromatic carbocycles. The normalized spacial score (nSPS) is 37.8. The molecule has 62 valence electrons. The molecule has 1 aliphatic carbocycles. The number of hydrogen-bond donors (Lipinski definition) is 1. The van der Waals surface area contributed by atoms with Gasteiger partial charge in [0.2, 0.25) is 0 Å². The fourth-order valence-electron chi connectivity index (χ4n) is 2.56. The van der Waals surface area contributed by atoms with Gasteiger partial charge in [-0.05, 0) is 24.4 Å². The van der Waals surface area contributed by atoms with Crippen molar-refractivity contribution in [2.24, 2.45) is 5.92 Å². The molecule has 1 heteroatoms. The third kappa shape index (κ3) is 0.721. The van der Waals surface area contributed by atoms with Gasteiger partial charge in [0.25, 0.3) is 0 Å². The van der Waals surface area contributed by atoms with Crippen LogP contribution in [0.5, 0.6) is 0 Å². The molecule has 1 N–H and O–H groups in total. The van der Waals surface area contributed by atoms with E-state index in [1.54, 1.807) is 5.56 Å². The lowest BCUT2D eigenvalue weighted by Crippen LogP contribution is -2.18. The van der Waals surface area contributed by atoms with E-state index in [0.717, 1.165) is 5.92 Å². The molecule has 3 rings (SSSR count). The van der Waals surface area contributed by atoms with E-state index >= 15 is 0 Å². The van der Waals surface area contributed by atoms with E-state index in [0.29, 0.717) is 5.41 Å². The first-order valence-electron chi connectivity index (χ1n) is 4.68. The largest absolute Gasteiger partial charge is 0.316 e. The van der Waals surface area contributed by atoms with Crippen LogP contribution in [0.15, 0.2) is 30.3 Å². The Balaban J connectivity index is 2.00. The highest BCUT2D eigenvalue weighted by molar-refractivity contribution is 5.36. The van der Waals surface area contributed by atoms with Crippen molar-refractivity contribution in [3.05, 3.63) is 35.9 Å². The summed E-state index contributed by atoms with van der Waals surface area (Å²) in [7, 11) is 0. The zero-order valence-electron chi connectivity index (χ0n) is 7.09. The summed E-state index contributed by atoms with van der Waals surface area (Å²) < 4.78 is 0. The molecule has 12 heavy (non-hydrogen) atoms. The van der Waals surface area contributed by atoms with Crippen LogP contribution in [-0.4, -0.2) is 13.1 Å². The van der Waals surface area contributed by atoms with Crippen molar-refractivity contribution in [2.45, 2.75) is 11.8 Å². The Hall–Kier alpha value is -0.820. The van der Waals surface area contributed by atoms with E-state index in [2.05, 4.69) is 35.6 Å². The van der Waals surface area contributed by atoms with Crippen LogP contribution in [-0.2, 0) is 5.41 Å². The van der Waals surface area contributed by atoms with Crippen LogP contribution in [0.1, 0.15) is 12.0 Å². The van der Waals surface area contributed by atoms with Gasteiger partial charge in [-0.15, -0.1) is 0 Å². The summed E-state index contributed by atoms with van der Waals surface area (Å²) in [4.78, 5) is 0. The molecule has 1 heterocycles. The predicted molar refractivity (Wildman–Crippen MR) is 49.1 cm³/mol. The molecule has 0 aromatic heterocycles. The number of nitrogens with one attached hydrogen (secondary N) is 1. The fraction of sp³-hybridized carbons (Fsp3) is 0.455. The Morgan fingerprint density at radius 3 is 2.67 bits per heavy atom. The Bertz CT molecular complexity index is 293. The molecule has 1 nitrogen and oxygen atoms in total. The van der Waals surface area contributed by atoms with E-state index in [1.807, 2.05) is 0 Å². The second-order valence-electron chi connectivity index (χ2n) is 4.05. The predicted octanol–water partition coefficient (Wildman–Crippen LogP) is 1.55. The Morgan fingerprint density at radius 2 is 2.08 bits per heavy atom. The second-order valence-corrected chi connectivity index (χ2v) is 4.05. The van der Waals surface area contributed by atoms with E-state index in [4.69, 9.17) is 0 Å². The van der Waals surface area contributed by atoms with Gasteiger partial charge in [0, 0.05) is 12.0 Å². The lowest BCUT2D eigenvalue weighted by Gasteiger charge is -2.10. The highest BCUT2D eigenvalue weighted by Gasteiger charge is 2.57. The molecule has 1 aliphatic heterocycles. The maximum atomic E-state index is 3.46. The Morgan fingerprint density at radius 1 is 1.25 bits per heavy atom. The highest BCUT2D eigenvalue weighted by atomic mass is 15.0. The van der Waals surface area contributed by atoms with Gasteiger partial charge >= 0.3 is 0 Å². The first-order chi connectivity index (χ1) is 5.92. The zero-order chi connectivity index (χ0) is 8.02. The molecule has 2 aliphatic rings. The molecular weight excluding hydrogens is 146 g/mol. The third-order valence-electron chi connectivity index (χ3n) is 3.41. The van der Waals surface area contributed by atoms with Crippen molar-refractivity contribution in [1.82, 2.24) is 5.32 Å². The molecule has 1 aromatic rings. The molecule has 0 amide bonds. The topological polar surface area (TPSA) is 12.0 Å². The fourth-order valence-corrected chi connectivity index (χ4v) is 2.56. The van der Waals surface area contributed by atoms with Gasteiger partial charge in [-0.3, -0.25) is 0 Å². The standard InChI is InChI=1S/C11H13N/c1-2-4-9(5-3-1)11-6-10(11)7-12-8-11/h1-5,10,12H,6-8H2/t10-,11-/m0/s1. The number of piperidine rings is 1. The van der Waals surface area contributed by atoms with E-state index < -0.39 is 0 Å². The van der Waals surface area contributed by atoms with Crippen LogP contribution in [0, 0.1) is 5.92 Å². The Kier molecular flexibility index (Phi) is 1.17. The molecule has 0 radical (unpaired) electrons. The van der Waals surface area contributed by atoms with Crippen LogP contribution in [0.25, 0.3) is 0 Å². The van der Waals surface area contributed by atoms with Crippen LogP contribution in [0.2, 0.25) is 0 Å². The maximum absolute atomic E-state index is 3.46. The van der Waals surface area contributed by atoms with E-state index in [-0.39, 0.29) is 0 Å².